The van der Waals surface area contributed by atoms with Crippen LogP contribution in [-0.2, 0) is 9.53 Å². The number of hydrogen-bond acceptors (Lipinski definition) is 5. The minimum Gasteiger partial charge on any atom is -0.452 e. The van der Waals surface area contributed by atoms with E-state index in [4.69, 9.17) is 16.3 Å². The van der Waals surface area contributed by atoms with Crippen molar-refractivity contribution in [3.8, 4) is 11.4 Å². The third-order valence-electron chi connectivity index (χ3n) is 3.92. The molecule has 10 heteroatoms. The fourth-order valence-corrected chi connectivity index (χ4v) is 2.98. The number of para-hydroxylation sites is 3. The number of aryl methyl sites for hydroxylation is 1. The van der Waals surface area contributed by atoms with Crippen LogP contribution in [0, 0.1) is 6.92 Å². The smallest absolute Gasteiger partial charge is 0.387 e. The highest BCUT2D eigenvalue weighted by molar-refractivity contribution is 6.33. The van der Waals surface area contributed by atoms with Crippen molar-refractivity contribution >= 4 is 29.2 Å². The number of ether oxygens (including phenoxy) is 2. The zero-order valence-electron chi connectivity index (χ0n) is 15.6. The molecule has 0 bridgehead atoms. The Morgan fingerprint density at radius 1 is 1.13 bits per heavy atom. The number of alkyl halides is 2. The van der Waals surface area contributed by atoms with Crippen molar-refractivity contribution in [2.45, 2.75) is 13.5 Å². The highest BCUT2D eigenvalue weighted by Crippen LogP contribution is 2.26. The fourth-order valence-electron chi connectivity index (χ4n) is 2.63. The molecule has 1 heterocycles. The number of halogens is 3. The summed E-state index contributed by atoms with van der Waals surface area (Å²) in [5, 5.41) is 6.63. The van der Waals surface area contributed by atoms with Crippen LogP contribution in [0.4, 0.5) is 14.5 Å². The Morgan fingerprint density at radius 2 is 1.80 bits per heavy atom. The quantitative estimate of drug-likeness (QED) is 0.561. The Bertz CT molecular complexity index is 1060. The molecule has 156 valence electrons. The second kappa shape index (κ2) is 9.36. The van der Waals surface area contributed by atoms with Gasteiger partial charge < -0.3 is 14.8 Å². The minimum absolute atomic E-state index is 0.0185. The van der Waals surface area contributed by atoms with Gasteiger partial charge in [0.05, 0.1) is 17.1 Å². The van der Waals surface area contributed by atoms with Crippen molar-refractivity contribution in [2.24, 2.45) is 0 Å². The van der Waals surface area contributed by atoms with E-state index in [0.29, 0.717) is 11.4 Å². The van der Waals surface area contributed by atoms with Crippen LogP contribution in [0.15, 0.2) is 54.6 Å². The molecular formula is C20H16ClF2N3O4. The topological polar surface area (TPSA) is 82.5 Å². The van der Waals surface area contributed by atoms with Crippen molar-refractivity contribution in [1.29, 1.82) is 0 Å². The van der Waals surface area contributed by atoms with E-state index in [0.717, 1.165) is 0 Å². The highest BCUT2D eigenvalue weighted by atomic mass is 35.5. The first-order chi connectivity index (χ1) is 14.4. The summed E-state index contributed by atoms with van der Waals surface area (Å²) < 4.78 is 35.6. The molecule has 1 aromatic heterocycles. The maximum Gasteiger partial charge on any atom is 0.387 e. The summed E-state index contributed by atoms with van der Waals surface area (Å²) in [6.45, 7) is -2.12. The SMILES string of the molecule is Cc1nn(-c2ccccc2)c(Cl)c1C(=O)OCC(=O)Nc1ccccc1OC(F)F. The summed E-state index contributed by atoms with van der Waals surface area (Å²) >= 11 is 6.28. The molecule has 0 aliphatic carbocycles. The Kier molecular flexibility index (Phi) is 6.63. The molecule has 0 aliphatic heterocycles. The van der Waals surface area contributed by atoms with Gasteiger partial charge in [-0.2, -0.15) is 13.9 Å². The maximum absolute atomic E-state index is 12.5. The summed E-state index contributed by atoms with van der Waals surface area (Å²) in [6, 6.07) is 14.6. The van der Waals surface area contributed by atoms with Gasteiger partial charge in [-0.25, -0.2) is 9.48 Å². The summed E-state index contributed by atoms with van der Waals surface area (Å²) in [7, 11) is 0. The number of nitrogens with zero attached hydrogens (tertiary/aromatic N) is 2. The van der Waals surface area contributed by atoms with Crippen LogP contribution in [0.25, 0.3) is 5.69 Å². The predicted molar refractivity (Wildman–Crippen MR) is 105 cm³/mol. The molecule has 7 nitrogen and oxygen atoms in total. The lowest BCUT2D eigenvalue weighted by Gasteiger charge is -2.11. The molecule has 1 amide bonds. The molecule has 0 saturated carbocycles. The van der Waals surface area contributed by atoms with Crippen molar-refractivity contribution in [2.75, 3.05) is 11.9 Å². The van der Waals surface area contributed by atoms with E-state index in [9.17, 15) is 18.4 Å². The van der Waals surface area contributed by atoms with Crippen molar-refractivity contribution < 1.29 is 27.8 Å². The largest absolute Gasteiger partial charge is 0.452 e. The van der Waals surface area contributed by atoms with Gasteiger partial charge in [0, 0.05) is 0 Å². The Morgan fingerprint density at radius 3 is 2.50 bits per heavy atom. The third kappa shape index (κ3) is 4.93. The average Bonchev–Trinajstić information content (AvgIpc) is 3.02. The molecule has 0 saturated heterocycles. The van der Waals surface area contributed by atoms with E-state index in [2.05, 4.69) is 15.2 Å². The van der Waals surface area contributed by atoms with E-state index < -0.39 is 25.1 Å². The van der Waals surface area contributed by atoms with Gasteiger partial charge in [0.15, 0.2) is 6.61 Å². The van der Waals surface area contributed by atoms with E-state index in [1.54, 1.807) is 31.2 Å². The molecule has 0 atom stereocenters. The number of aromatic nitrogens is 2. The van der Waals surface area contributed by atoms with Crippen LogP contribution in [0.5, 0.6) is 5.75 Å². The molecule has 0 spiro atoms. The lowest BCUT2D eigenvalue weighted by atomic mass is 10.2. The molecule has 30 heavy (non-hydrogen) atoms. The van der Waals surface area contributed by atoms with Crippen molar-refractivity contribution in [1.82, 2.24) is 9.78 Å². The highest BCUT2D eigenvalue weighted by Gasteiger charge is 2.23. The van der Waals surface area contributed by atoms with Crippen LogP contribution >= 0.6 is 11.6 Å². The van der Waals surface area contributed by atoms with Crippen LogP contribution in [0.3, 0.4) is 0 Å². The first kappa shape index (κ1) is 21.3. The molecule has 0 aliphatic rings. The molecule has 2 aromatic carbocycles. The molecule has 0 unspecified atom stereocenters. The van der Waals surface area contributed by atoms with Gasteiger partial charge in [-0.3, -0.25) is 4.79 Å². The Labute approximate surface area is 175 Å². The monoisotopic (exact) mass is 435 g/mol. The molecule has 3 rings (SSSR count). The number of nitrogens with one attached hydrogen (secondary N) is 1. The van der Waals surface area contributed by atoms with Gasteiger partial charge in [-0.05, 0) is 31.2 Å². The average molecular weight is 436 g/mol. The zero-order valence-corrected chi connectivity index (χ0v) is 16.4. The van der Waals surface area contributed by atoms with Gasteiger partial charge in [0.25, 0.3) is 5.91 Å². The molecule has 3 aromatic rings. The van der Waals surface area contributed by atoms with Gasteiger partial charge in [0.2, 0.25) is 0 Å². The fraction of sp³-hybridized carbons (Fsp3) is 0.150. The van der Waals surface area contributed by atoms with E-state index in [-0.39, 0.29) is 22.2 Å². The number of benzene rings is 2. The standard InChI is InChI=1S/C20H16ClF2N3O4/c1-12-17(18(21)26(25-12)13-7-3-2-4-8-13)19(28)29-11-16(27)24-14-9-5-6-10-15(14)30-20(22)23/h2-10,20H,11H2,1H3,(H,24,27). The number of rotatable bonds is 7. The van der Waals surface area contributed by atoms with Gasteiger partial charge in [-0.1, -0.05) is 41.9 Å². The van der Waals surface area contributed by atoms with E-state index in [1.165, 1.54) is 28.9 Å². The van der Waals surface area contributed by atoms with Crippen LogP contribution < -0.4 is 10.1 Å². The Balaban J connectivity index is 1.67. The zero-order chi connectivity index (χ0) is 21.7. The summed E-state index contributed by atoms with van der Waals surface area (Å²) in [6.07, 6.45) is 0. The maximum atomic E-state index is 12.5. The molecule has 0 fully saturated rings. The summed E-state index contributed by atoms with van der Waals surface area (Å²) in [5.74, 6) is -1.79. The predicted octanol–water partition coefficient (Wildman–Crippen LogP) is 4.23. The number of amides is 1. The van der Waals surface area contributed by atoms with E-state index >= 15 is 0 Å². The second-order valence-electron chi connectivity index (χ2n) is 6.00. The third-order valence-corrected chi connectivity index (χ3v) is 4.27. The number of esters is 1. The van der Waals surface area contributed by atoms with Gasteiger partial charge in [0.1, 0.15) is 16.5 Å². The van der Waals surface area contributed by atoms with E-state index in [1.807, 2.05) is 6.07 Å². The number of carbonyl (C=O) groups is 2. The minimum atomic E-state index is -3.05. The van der Waals surface area contributed by atoms with Gasteiger partial charge >= 0.3 is 12.6 Å². The van der Waals surface area contributed by atoms with Crippen molar-refractivity contribution in [3.63, 3.8) is 0 Å². The first-order valence-corrected chi connectivity index (χ1v) is 9.06. The normalized spacial score (nSPS) is 10.7. The number of carbonyl (C=O) groups excluding carboxylic acids is 2. The van der Waals surface area contributed by atoms with Crippen LogP contribution in [0.2, 0.25) is 5.15 Å². The summed E-state index contributed by atoms with van der Waals surface area (Å²) in [4.78, 5) is 24.5. The van der Waals surface area contributed by atoms with Crippen LogP contribution in [-0.4, -0.2) is 34.9 Å². The van der Waals surface area contributed by atoms with Gasteiger partial charge in [-0.15, -0.1) is 0 Å². The Hall–Kier alpha value is -3.46. The number of hydrogen-bond donors (Lipinski definition) is 1. The first-order valence-electron chi connectivity index (χ1n) is 8.68. The van der Waals surface area contributed by atoms with Crippen LogP contribution in [0.1, 0.15) is 16.1 Å². The number of anilines is 1. The molecular weight excluding hydrogens is 420 g/mol. The lowest BCUT2D eigenvalue weighted by molar-refractivity contribution is -0.119. The lowest BCUT2D eigenvalue weighted by Crippen LogP contribution is -2.21. The molecule has 0 radical (unpaired) electrons. The molecule has 1 N–H and O–H groups in total. The van der Waals surface area contributed by atoms with Crippen molar-refractivity contribution in [3.05, 3.63) is 71.0 Å². The summed E-state index contributed by atoms with van der Waals surface area (Å²) in [5.41, 5.74) is 1.02. The second-order valence-corrected chi connectivity index (χ2v) is 6.36.